The van der Waals surface area contributed by atoms with E-state index in [0.717, 1.165) is 5.56 Å². The third kappa shape index (κ3) is 5.18. The normalized spacial score (nSPS) is 11.3. The quantitative estimate of drug-likeness (QED) is 0.215. The third-order valence-electron chi connectivity index (χ3n) is 4.54. The summed E-state index contributed by atoms with van der Waals surface area (Å²) < 4.78 is 5.66. The Kier molecular flexibility index (Phi) is 6.53. The fourth-order valence-electron chi connectivity index (χ4n) is 2.83. The topological polar surface area (TPSA) is 109 Å². The molecule has 31 heavy (non-hydrogen) atoms. The van der Waals surface area contributed by atoms with Gasteiger partial charge in [-0.2, -0.15) is 5.26 Å². The van der Waals surface area contributed by atoms with Crippen LogP contribution in [0.2, 0.25) is 5.02 Å². The van der Waals surface area contributed by atoms with Crippen molar-refractivity contribution in [3.8, 4) is 17.4 Å². The maximum absolute atomic E-state index is 12.5. The summed E-state index contributed by atoms with van der Waals surface area (Å²) in [6.07, 6.45) is 1.32. The Morgan fingerprint density at radius 1 is 1.19 bits per heavy atom. The summed E-state index contributed by atoms with van der Waals surface area (Å²) in [5, 5.41) is 23.1. The lowest BCUT2D eigenvalue weighted by molar-refractivity contribution is -0.384. The zero-order chi connectivity index (χ0) is 22.5. The average molecular weight is 436 g/mol. The summed E-state index contributed by atoms with van der Waals surface area (Å²) >= 11 is 6.13. The highest BCUT2D eigenvalue weighted by Crippen LogP contribution is 2.32. The van der Waals surface area contributed by atoms with Crippen molar-refractivity contribution in [2.75, 3.05) is 5.32 Å². The van der Waals surface area contributed by atoms with Crippen molar-refractivity contribution in [2.45, 2.75) is 19.8 Å². The lowest BCUT2D eigenvalue weighted by Crippen LogP contribution is -2.13. The van der Waals surface area contributed by atoms with Crippen LogP contribution in [-0.2, 0) is 4.79 Å². The number of furan rings is 1. The van der Waals surface area contributed by atoms with Crippen LogP contribution in [0.3, 0.4) is 0 Å². The largest absolute Gasteiger partial charge is 0.457 e. The van der Waals surface area contributed by atoms with Gasteiger partial charge in [0.2, 0.25) is 0 Å². The molecule has 0 radical (unpaired) electrons. The molecule has 0 unspecified atom stereocenters. The van der Waals surface area contributed by atoms with Gasteiger partial charge in [0, 0.05) is 29.5 Å². The maximum atomic E-state index is 12.5. The molecule has 0 aliphatic heterocycles. The first-order valence-corrected chi connectivity index (χ1v) is 9.73. The molecular weight excluding hydrogens is 418 g/mol. The smallest absolute Gasteiger partial charge is 0.270 e. The molecule has 0 spiro atoms. The Morgan fingerprint density at radius 3 is 2.48 bits per heavy atom. The van der Waals surface area contributed by atoms with E-state index in [-0.39, 0.29) is 22.0 Å². The number of hydrogen-bond donors (Lipinski definition) is 1. The summed E-state index contributed by atoms with van der Waals surface area (Å²) in [6, 6.07) is 16.5. The minimum atomic E-state index is -0.564. The van der Waals surface area contributed by atoms with Gasteiger partial charge in [0.05, 0.1) is 9.95 Å². The second kappa shape index (κ2) is 9.28. The van der Waals surface area contributed by atoms with Crippen molar-refractivity contribution in [2.24, 2.45) is 0 Å². The number of nitro groups is 1. The van der Waals surface area contributed by atoms with Crippen LogP contribution in [0.25, 0.3) is 17.4 Å². The van der Waals surface area contributed by atoms with Crippen LogP contribution >= 0.6 is 11.6 Å². The van der Waals surface area contributed by atoms with E-state index >= 15 is 0 Å². The summed E-state index contributed by atoms with van der Waals surface area (Å²) in [7, 11) is 0. The van der Waals surface area contributed by atoms with E-state index in [9.17, 15) is 20.2 Å². The Morgan fingerprint density at radius 2 is 1.90 bits per heavy atom. The number of non-ortho nitro benzene ring substituents is 1. The minimum absolute atomic E-state index is 0.134. The fourth-order valence-corrected chi connectivity index (χ4v) is 3.10. The van der Waals surface area contributed by atoms with E-state index in [1.54, 1.807) is 24.3 Å². The molecule has 0 bridgehead atoms. The molecular formula is C23H18ClN3O4. The first kappa shape index (κ1) is 21.8. The van der Waals surface area contributed by atoms with Crippen LogP contribution in [0.4, 0.5) is 11.4 Å². The van der Waals surface area contributed by atoms with Gasteiger partial charge in [0.15, 0.2) is 0 Å². The number of halogens is 1. The van der Waals surface area contributed by atoms with Crippen molar-refractivity contribution >= 4 is 35.0 Å². The molecule has 0 aliphatic rings. The number of hydrogen-bond acceptors (Lipinski definition) is 5. The lowest BCUT2D eigenvalue weighted by Gasteiger charge is -2.08. The summed E-state index contributed by atoms with van der Waals surface area (Å²) in [4.78, 5) is 22.8. The molecule has 3 rings (SSSR count). The molecule has 3 aromatic rings. The second-order valence-electron chi connectivity index (χ2n) is 7.02. The van der Waals surface area contributed by atoms with E-state index in [2.05, 4.69) is 19.2 Å². The van der Waals surface area contributed by atoms with Gasteiger partial charge in [0.1, 0.15) is 23.2 Å². The van der Waals surface area contributed by atoms with Crippen molar-refractivity contribution in [3.05, 3.63) is 86.6 Å². The Hall–Kier alpha value is -3.89. The lowest BCUT2D eigenvalue weighted by atomic mass is 10.0. The highest BCUT2D eigenvalue weighted by atomic mass is 35.5. The van der Waals surface area contributed by atoms with Crippen molar-refractivity contribution < 1.29 is 14.1 Å². The Labute approximate surface area is 183 Å². The molecule has 1 N–H and O–H groups in total. The number of carbonyl (C=O) groups excluding carboxylic acids is 1. The van der Waals surface area contributed by atoms with Crippen LogP contribution in [0.5, 0.6) is 0 Å². The highest BCUT2D eigenvalue weighted by Gasteiger charge is 2.15. The number of rotatable bonds is 6. The minimum Gasteiger partial charge on any atom is -0.457 e. The molecule has 0 saturated carbocycles. The van der Waals surface area contributed by atoms with Gasteiger partial charge >= 0.3 is 0 Å². The molecule has 8 heteroatoms. The van der Waals surface area contributed by atoms with Gasteiger partial charge in [-0.3, -0.25) is 14.9 Å². The second-order valence-corrected chi connectivity index (χ2v) is 7.43. The number of benzene rings is 2. The van der Waals surface area contributed by atoms with Crippen LogP contribution < -0.4 is 5.32 Å². The Balaban J connectivity index is 1.79. The molecule has 0 atom stereocenters. The van der Waals surface area contributed by atoms with Gasteiger partial charge in [-0.05, 0) is 41.8 Å². The zero-order valence-corrected chi connectivity index (χ0v) is 17.5. The predicted octanol–water partition coefficient (Wildman–Crippen LogP) is 6.18. The Bertz CT molecular complexity index is 1200. The van der Waals surface area contributed by atoms with E-state index in [4.69, 9.17) is 16.0 Å². The van der Waals surface area contributed by atoms with Gasteiger partial charge < -0.3 is 9.73 Å². The number of carbonyl (C=O) groups is 1. The number of nitrogens with one attached hydrogen (secondary N) is 1. The zero-order valence-electron chi connectivity index (χ0n) is 16.8. The van der Waals surface area contributed by atoms with Crippen molar-refractivity contribution in [1.29, 1.82) is 5.26 Å². The van der Waals surface area contributed by atoms with Crippen molar-refractivity contribution in [1.82, 2.24) is 0 Å². The van der Waals surface area contributed by atoms with E-state index in [0.29, 0.717) is 22.9 Å². The molecule has 0 aliphatic carbocycles. The van der Waals surface area contributed by atoms with Crippen LogP contribution in [-0.4, -0.2) is 10.8 Å². The standard InChI is InChI=1S/C23H18ClN3O4/c1-14(2)15-3-5-17(6-4-15)26-23(28)16(13-25)11-19-8-10-22(31-19)20-9-7-18(27(29)30)12-21(20)24/h3-12,14H,1-2H3,(H,26,28)/b16-11+. The first-order chi connectivity index (χ1) is 14.8. The number of nitrogens with zero attached hydrogens (tertiary/aromatic N) is 2. The van der Waals surface area contributed by atoms with Gasteiger partial charge in [-0.1, -0.05) is 37.6 Å². The van der Waals surface area contributed by atoms with Crippen molar-refractivity contribution in [3.63, 3.8) is 0 Å². The average Bonchev–Trinajstić information content (AvgIpc) is 3.20. The molecule has 1 heterocycles. The molecule has 1 amide bonds. The first-order valence-electron chi connectivity index (χ1n) is 9.35. The molecule has 0 saturated heterocycles. The fraction of sp³-hybridized carbons (Fsp3) is 0.130. The highest BCUT2D eigenvalue weighted by molar-refractivity contribution is 6.33. The van der Waals surface area contributed by atoms with E-state index in [1.165, 1.54) is 24.3 Å². The number of nitriles is 1. The summed E-state index contributed by atoms with van der Waals surface area (Å²) in [6.45, 7) is 4.15. The van der Waals surface area contributed by atoms with E-state index in [1.807, 2.05) is 18.2 Å². The molecule has 7 nitrogen and oxygen atoms in total. The van der Waals surface area contributed by atoms with Crippen LogP contribution in [0.15, 0.2) is 64.6 Å². The SMILES string of the molecule is CC(C)c1ccc(NC(=O)/C(C#N)=C/c2ccc(-c3ccc([N+](=O)[O-])cc3Cl)o2)cc1. The number of anilines is 1. The van der Waals surface area contributed by atoms with Crippen LogP contribution in [0, 0.1) is 21.4 Å². The maximum Gasteiger partial charge on any atom is 0.270 e. The predicted molar refractivity (Wildman–Crippen MR) is 119 cm³/mol. The number of nitro benzene ring substituents is 1. The third-order valence-corrected chi connectivity index (χ3v) is 4.86. The molecule has 156 valence electrons. The van der Waals surface area contributed by atoms with Crippen LogP contribution in [0.1, 0.15) is 31.1 Å². The molecule has 2 aromatic carbocycles. The molecule has 1 aromatic heterocycles. The van der Waals surface area contributed by atoms with E-state index < -0.39 is 10.8 Å². The summed E-state index contributed by atoms with van der Waals surface area (Å²) in [5.41, 5.74) is 1.91. The van der Waals surface area contributed by atoms with Gasteiger partial charge in [-0.25, -0.2) is 0 Å². The molecule has 0 fully saturated rings. The van der Waals surface area contributed by atoms with Gasteiger partial charge in [0.25, 0.3) is 11.6 Å². The number of amides is 1. The summed E-state index contributed by atoms with van der Waals surface area (Å²) in [5.74, 6) is 0.433. The monoisotopic (exact) mass is 435 g/mol. The van der Waals surface area contributed by atoms with Gasteiger partial charge in [-0.15, -0.1) is 0 Å².